The van der Waals surface area contributed by atoms with Gasteiger partial charge in [0, 0.05) is 14.1 Å². The maximum Gasteiger partial charge on any atom is 0.0951 e. The number of hydrogen-bond acceptors (Lipinski definition) is 3. The Bertz CT molecular complexity index is 523. The minimum absolute atomic E-state index is 0.516. The molecule has 0 aliphatic rings. The van der Waals surface area contributed by atoms with Crippen LogP contribution in [0.3, 0.4) is 0 Å². The molecule has 2 aromatic rings. The highest BCUT2D eigenvalue weighted by Gasteiger charge is 2.07. The predicted molar refractivity (Wildman–Crippen MR) is 84.0 cm³/mol. The summed E-state index contributed by atoms with van der Waals surface area (Å²) in [6.45, 7) is 0.516. The van der Waals surface area contributed by atoms with E-state index in [0.29, 0.717) is 6.61 Å². The van der Waals surface area contributed by atoms with E-state index < -0.39 is 0 Å². The lowest BCUT2D eigenvalue weighted by atomic mass is 10.2. The lowest BCUT2D eigenvalue weighted by molar-refractivity contribution is 0.0357. The fourth-order valence-electron chi connectivity index (χ4n) is 1.84. The zero-order valence-corrected chi connectivity index (χ0v) is 11.9. The van der Waals surface area contributed by atoms with Crippen molar-refractivity contribution in [2.24, 2.45) is 0 Å². The first-order valence-corrected chi connectivity index (χ1v) is 6.64. The average Bonchev–Trinajstić information content (AvgIpc) is 2.49. The molecular weight excluding hydrogens is 248 g/mol. The molecule has 0 saturated heterocycles. The lowest BCUT2D eigenvalue weighted by Gasteiger charge is -2.28. The van der Waals surface area contributed by atoms with Crippen LogP contribution in [-0.2, 0) is 4.84 Å². The molecule has 0 radical (unpaired) electrons. The van der Waals surface area contributed by atoms with Gasteiger partial charge in [-0.2, -0.15) is 5.17 Å². The van der Waals surface area contributed by atoms with E-state index in [1.165, 1.54) is 5.56 Å². The Hall–Kier alpha value is -2.10. The van der Waals surface area contributed by atoms with Crippen LogP contribution in [0.1, 0.15) is 5.56 Å². The number of benzene rings is 2. The quantitative estimate of drug-likeness (QED) is 0.744. The van der Waals surface area contributed by atoms with Crippen molar-refractivity contribution < 1.29 is 4.84 Å². The highest BCUT2D eigenvalue weighted by Crippen LogP contribution is 2.14. The van der Waals surface area contributed by atoms with E-state index in [9.17, 15) is 0 Å². The first-order chi connectivity index (χ1) is 9.77. The van der Waals surface area contributed by atoms with Gasteiger partial charge in [-0.05, 0) is 17.7 Å². The second kappa shape index (κ2) is 7.48. The van der Waals surface area contributed by atoms with Gasteiger partial charge in [-0.15, -0.1) is 0 Å². The number of nitrogens with zero attached hydrogens (tertiary/aromatic N) is 2. The van der Waals surface area contributed by atoms with E-state index in [-0.39, 0.29) is 0 Å². The molecule has 3 heteroatoms. The Morgan fingerprint density at radius 3 is 2.10 bits per heavy atom. The van der Waals surface area contributed by atoms with Crippen LogP contribution in [0.15, 0.2) is 66.7 Å². The maximum atomic E-state index is 5.78. The van der Waals surface area contributed by atoms with Crippen LogP contribution in [-0.4, -0.2) is 25.7 Å². The van der Waals surface area contributed by atoms with Gasteiger partial charge in [0.25, 0.3) is 0 Å². The predicted octanol–water partition coefficient (Wildman–Crippen LogP) is 3.61. The van der Waals surface area contributed by atoms with Gasteiger partial charge in [0.2, 0.25) is 0 Å². The molecule has 20 heavy (non-hydrogen) atoms. The average molecular weight is 268 g/mol. The largest absolute Gasteiger partial charge is 0.254 e. The highest BCUT2D eigenvalue weighted by atomic mass is 16.7. The first-order valence-electron chi connectivity index (χ1n) is 6.64. The molecule has 0 spiro atoms. The molecule has 2 aromatic carbocycles. The second-order valence-electron chi connectivity index (χ2n) is 4.56. The Kier molecular flexibility index (Phi) is 5.35. The summed E-state index contributed by atoms with van der Waals surface area (Å²) in [5.41, 5.74) is 2.18. The summed E-state index contributed by atoms with van der Waals surface area (Å²) >= 11 is 0. The molecule has 3 nitrogen and oxygen atoms in total. The van der Waals surface area contributed by atoms with E-state index >= 15 is 0 Å². The van der Waals surface area contributed by atoms with Gasteiger partial charge in [-0.3, -0.25) is 4.84 Å². The molecule has 0 aliphatic carbocycles. The molecule has 2 rings (SSSR count). The van der Waals surface area contributed by atoms with Crippen molar-refractivity contribution in [2.75, 3.05) is 25.9 Å². The van der Waals surface area contributed by atoms with Crippen LogP contribution < -0.4 is 5.17 Å². The van der Waals surface area contributed by atoms with Gasteiger partial charge < -0.3 is 0 Å². The third-order valence-corrected chi connectivity index (χ3v) is 2.74. The van der Waals surface area contributed by atoms with Crippen LogP contribution >= 0.6 is 0 Å². The van der Waals surface area contributed by atoms with Gasteiger partial charge >= 0.3 is 0 Å². The summed E-state index contributed by atoms with van der Waals surface area (Å²) in [5, 5.41) is 3.68. The van der Waals surface area contributed by atoms with E-state index in [0.717, 1.165) is 5.69 Å². The molecule has 104 valence electrons. The van der Waals surface area contributed by atoms with Crippen molar-refractivity contribution in [1.82, 2.24) is 5.01 Å². The van der Waals surface area contributed by atoms with Crippen LogP contribution in [0.25, 0.3) is 6.08 Å². The van der Waals surface area contributed by atoms with E-state index in [2.05, 4.69) is 18.2 Å². The van der Waals surface area contributed by atoms with E-state index in [1.807, 2.05) is 73.7 Å². The third kappa shape index (κ3) is 4.23. The molecule has 0 saturated carbocycles. The molecular formula is C17H20N2O. The maximum absolute atomic E-state index is 5.78. The van der Waals surface area contributed by atoms with Crippen molar-refractivity contribution in [1.29, 1.82) is 0 Å². The molecule has 0 amide bonds. The number of hydrazine groups is 1. The zero-order valence-electron chi connectivity index (χ0n) is 11.9. The molecule has 0 fully saturated rings. The van der Waals surface area contributed by atoms with Crippen molar-refractivity contribution in [3.8, 4) is 0 Å². The molecule has 0 aromatic heterocycles. The van der Waals surface area contributed by atoms with Crippen molar-refractivity contribution in [3.63, 3.8) is 0 Å². The third-order valence-electron chi connectivity index (χ3n) is 2.74. The summed E-state index contributed by atoms with van der Waals surface area (Å²) in [6, 6.07) is 20.2. The number of rotatable bonds is 6. The van der Waals surface area contributed by atoms with Crippen molar-refractivity contribution in [3.05, 3.63) is 72.3 Å². The number of anilines is 1. The topological polar surface area (TPSA) is 15.7 Å². The number of para-hydroxylation sites is 1. The molecule has 0 N–H and O–H groups in total. The fourth-order valence-corrected chi connectivity index (χ4v) is 1.84. The van der Waals surface area contributed by atoms with Crippen molar-refractivity contribution >= 4 is 11.8 Å². The fraction of sp³-hybridized carbons (Fsp3) is 0.176. The van der Waals surface area contributed by atoms with Crippen LogP contribution in [0.5, 0.6) is 0 Å². The van der Waals surface area contributed by atoms with Crippen LogP contribution in [0.4, 0.5) is 5.69 Å². The minimum atomic E-state index is 0.516. The smallest absolute Gasteiger partial charge is 0.0951 e. The summed E-state index contributed by atoms with van der Waals surface area (Å²) in [4.78, 5) is 5.78. The molecule has 0 bridgehead atoms. The summed E-state index contributed by atoms with van der Waals surface area (Å²) < 4.78 is 0. The SMILES string of the molecule is CN(C)N(OCC=Cc1ccccc1)c1ccccc1. The molecule has 0 unspecified atom stereocenters. The Morgan fingerprint density at radius 1 is 0.900 bits per heavy atom. The monoisotopic (exact) mass is 268 g/mol. The summed E-state index contributed by atoms with van der Waals surface area (Å²) in [6.07, 6.45) is 4.06. The summed E-state index contributed by atoms with van der Waals surface area (Å²) in [5.74, 6) is 0. The standard InChI is InChI=1S/C17H20N2O/c1-18(2)19(17-13-7-4-8-14-17)20-15-9-12-16-10-5-3-6-11-16/h3-14H,15H2,1-2H3. The van der Waals surface area contributed by atoms with Crippen molar-refractivity contribution in [2.45, 2.75) is 0 Å². The van der Waals surface area contributed by atoms with Crippen LogP contribution in [0.2, 0.25) is 0 Å². The number of hydrogen-bond donors (Lipinski definition) is 0. The normalized spacial score (nSPS) is 11.2. The Balaban J connectivity index is 1.92. The highest BCUT2D eigenvalue weighted by molar-refractivity contribution is 5.48. The first kappa shape index (κ1) is 14.3. The van der Waals surface area contributed by atoms with Gasteiger partial charge in [0.1, 0.15) is 0 Å². The van der Waals surface area contributed by atoms with Gasteiger partial charge in [-0.25, -0.2) is 5.01 Å². The van der Waals surface area contributed by atoms with E-state index in [1.54, 1.807) is 5.17 Å². The van der Waals surface area contributed by atoms with Gasteiger partial charge in [-0.1, -0.05) is 60.7 Å². The summed E-state index contributed by atoms with van der Waals surface area (Å²) in [7, 11) is 3.90. The Morgan fingerprint density at radius 2 is 1.50 bits per heavy atom. The van der Waals surface area contributed by atoms with E-state index in [4.69, 9.17) is 4.84 Å². The van der Waals surface area contributed by atoms with Gasteiger partial charge in [0.15, 0.2) is 0 Å². The molecule has 0 heterocycles. The lowest BCUT2D eigenvalue weighted by Crippen LogP contribution is -2.37. The Labute approximate surface area is 120 Å². The van der Waals surface area contributed by atoms with Crippen LogP contribution in [0, 0.1) is 0 Å². The second-order valence-corrected chi connectivity index (χ2v) is 4.56. The molecule has 0 aliphatic heterocycles. The zero-order chi connectivity index (χ0) is 14.2. The van der Waals surface area contributed by atoms with Gasteiger partial charge in [0.05, 0.1) is 12.3 Å². The molecule has 0 atom stereocenters. The minimum Gasteiger partial charge on any atom is -0.254 e.